The van der Waals surface area contributed by atoms with E-state index in [4.69, 9.17) is 10.5 Å². The van der Waals surface area contributed by atoms with Crippen molar-refractivity contribution < 1.29 is 4.74 Å². The SMILES string of the molecule is CCOC(CN)CCn1ccn(C)c(=O)c1=O. The van der Waals surface area contributed by atoms with Crippen LogP contribution in [0.3, 0.4) is 0 Å². The standard InChI is InChI=1S/C11H19N3O3/c1-3-17-9(8-12)4-5-14-7-6-13(2)10(15)11(14)16/h6-7,9H,3-5,8,12H2,1-2H3. The van der Waals surface area contributed by atoms with Crippen molar-refractivity contribution in [1.82, 2.24) is 9.13 Å². The van der Waals surface area contributed by atoms with E-state index in [1.807, 2.05) is 6.92 Å². The summed E-state index contributed by atoms with van der Waals surface area (Å²) in [6.45, 7) is 3.34. The highest BCUT2D eigenvalue weighted by atomic mass is 16.5. The predicted octanol–water partition coefficient (Wildman–Crippen LogP) is -0.699. The van der Waals surface area contributed by atoms with E-state index in [9.17, 15) is 9.59 Å². The van der Waals surface area contributed by atoms with Crippen LogP contribution in [0.25, 0.3) is 0 Å². The lowest BCUT2D eigenvalue weighted by Gasteiger charge is -2.15. The molecule has 1 heterocycles. The molecule has 0 spiro atoms. The molecule has 6 nitrogen and oxygen atoms in total. The van der Waals surface area contributed by atoms with Gasteiger partial charge in [-0.1, -0.05) is 0 Å². The first-order valence-corrected chi connectivity index (χ1v) is 5.67. The van der Waals surface area contributed by atoms with E-state index in [1.165, 1.54) is 9.13 Å². The molecule has 0 radical (unpaired) electrons. The van der Waals surface area contributed by atoms with Crippen LogP contribution >= 0.6 is 0 Å². The maximum absolute atomic E-state index is 11.6. The largest absolute Gasteiger partial charge is 0.377 e. The molecule has 0 saturated carbocycles. The molecular weight excluding hydrogens is 222 g/mol. The zero-order valence-corrected chi connectivity index (χ0v) is 10.3. The van der Waals surface area contributed by atoms with Gasteiger partial charge in [-0.2, -0.15) is 0 Å². The molecule has 0 bridgehead atoms. The van der Waals surface area contributed by atoms with Crippen molar-refractivity contribution in [3.63, 3.8) is 0 Å². The summed E-state index contributed by atoms with van der Waals surface area (Å²) in [6.07, 6.45) is 3.72. The number of rotatable bonds is 6. The lowest BCUT2D eigenvalue weighted by molar-refractivity contribution is 0.0596. The second-order valence-electron chi connectivity index (χ2n) is 3.81. The molecule has 0 fully saturated rings. The van der Waals surface area contributed by atoms with Crippen molar-refractivity contribution in [2.75, 3.05) is 13.2 Å². The zero-order chi connectivity index (χ0) is 12.8. The second-order valence-corrected chi connectivity index (χ2v) is 3.81. The lowest BCUT2D eigenvalue weighted by atomic mass is 10.2. The van der Waals surface area contributed by atoms with Crippen molar-refractivity contribution in [1.29, 1.82) is 0 Å². The molecule has 96 valence electrons. The highest BCUT2D eigenvalue weighted by Crippen LogP contribution is 1.98. The van der Waals surface area contributed by atoms with Crippen LogP contribution in [-0.4, -0.2) is 28.4 Å². The molecule has 0 aromatic carbocycles. The van der Waals surface area contributed by atoms with Crippen molar-refractivity contribution in [3.8, 4) is 0 Å². The van der Waals surface area contributed by atoms with Gasteiger partial charge in [0, 0.05) is 39.1 Å². The highest BCUT2D eigenvalue weighted by Gasteiger charge is 2.08. The maximum Gasteiger partial charge on any atom is 0.316 e. The van der Waals surface area contributed by atoms with E-state index < -0.39 is 11.1 Å². The van der Waals surface area contributed by atoms with Gasteiger partial charge in [0.25, 0.3) is 0 Å². The topological polar surface area (TPSA) is 79.2 Å². The zero-order valence-electron chi connectivity index (χ0n) is 10.3. The Bertz CT molecular complexity index is 464. The number of hydrogen-bond donors (Lipinski definition) is 1. The summed E-state index contributed by atoms with van der Waals surface area (Å²) in [5, 5.41) is 0. The third-order valence-electron chi connectivity index (χ3n) is 2.59. The highest BCUT2D eigenvalue weighted by molar-refractivity contribution is 4.84. The van der Waals surface area contributed by atoms with Crippen molar-refractivity contribution in [2.24, 2.45) is 12.8 Å². The van der Waals surface area contributed by atoms with Crippen molar-refractivity contribution >= 4 is 0 Å². The fourth-order valence-corrected chi connectivity index (χ4v) is 1.55. The van der Waals surface area contributed by atoms with E-state index in [1.54, 1.807) is 19.4 Å². The minimum Gasteiger partial charge on any atom is -0.377 e. The minimum absolute atomic E-state index is 0.0732. The Labute approximate surface area is 99.6 Å². The summed E-state index contributed by atoms with van der Waals surface area (Å²) < 4.78 is 8.04. The Morgan fingerprint density at radius 3 is 2.65 bits per heavy atom. The van der Waals surface area contributed by atoms with E-state index in [-0.39, 0.29) is 6.10 Å². The Balaban J connectivity index is 2.73. The fourth-order valence-electron chi connectivity index (χ4n) is 1.55. The first kappa shape index (κ1) is 13.7. The van der Waals surface area contributed by atoms with Crippen LogP contribution in [0.2, 0.25) is 0 Å². The van der Waals surface area contributed by atoms with Gasteiger partial charge in [-0.25, -0.2) is 0 Å². The van der Waals surface area contributed by atoms with Gasteiger partial charge in [0.2, 0.25) is 0 Å². The van der Waals surface area contributed by atoms with E-state index in [0.717, 1.165) is 0 Å². The molecular formula is C11H19N3O3. The van der Waals surface area contributed by atoms with Crippen LogP contribution < -0.4 is 16.9 Å². The van der Waals surface area contributed by atoms with Gasteiger partial charge in [-0.15, -0.1) is 0 Å². The molecule has 0 amide bonds. The summed E-state index contributed by atoms with van der Waals surface area (Å²) in [6, 6.07) is 0. The predicted molar refractivity (Wildman–Crippen MR) is 65.0 cm³/mol. The Hall–Kier alpha value is -1.40. The molecule has 0 aliphatic heterocycles. The van der Waals surface area contributed by atoms with Gasteiger partial charge >= 0.3 is 11.1 Å². The summed E-state index contributed by atoms with van der Waals surface area (Å²) in [7, 11) is 1.55. The van der Waals surface area contributed by atoms with Gasteiger partial charge < -0.3 is 19.6 Å². The quantitative estimate of drug-likeness (QED) is 0.668. The Kier molecular flexibility index (Phi) is 5.11. The van der Waals surface area contributed by atoms with Crippen molar-refractivity contribution in [3.05, 3.63) is 33.1 Å². The molecule has 1 aromatic rings. The molecule has 0 saturated heterocycles. The van der Waals surface area contributed by atoms with E-state index in [0.29, 0.717) is 26.1 Å². The van der Waals surface area contributed by atoms with Gasteiger partial charge in [0.05, 0.1) is 6.10 Å². The van der Waals surface area contributed by atoms with Crippen molar-refractivity contribution in [2.45, 2.75) is 26.0 Å². The summed E-state index contributed by atoms with van der Waals surface area (Å²) >= 11 is 0. The summed E-state index contributed by atoms with van der Waals surface area (Å²) in [5.74, 6) is 0. The van der Waals surface area contributed by atoms with E-state index in [2.05, 4.69) is 0 Å². The molecule has 1 unspecified atom stereocenters. The second kappa shape index (κ2) is 6.36. The third kappa shape index (κ3) is 3.54. The molecule has 17 heavy (non-hydrogen) atoms. The third-order valence-corrected chi connectivity index (χ3v) is 2.59. The van der Waals surface area contributed by atoms with Gasteiger partial charge in [0.15, 0.2) is 0 Å². The lowest BCUT2D eigenvalue weighted by Crippen LogP contribution is -2.40. The van der Waals surface area contributed by atoms with Crippen LogP contribution in [0, 0.1) is 0 Å². The van der Waals surface area contributed by atoms with Crippen LogP contribution in [-0.2, 0) is 18.3 Å². The number of nitrogens with two attached hydrogens (primary N) is 1. The number of hydrogen-bond acceptors (Lipinski definition) is 4. The summed E-state index contributed by atoms with van der Waals surface area (Å²) in [5.41, 5.74) is 4.50. The van der Waals surface area contributed by atoms with E-state index >= 15 is 0 Å². The normalized spacial score (nSPS) is 12.6. The van der Waals surface area contributed by atoms with Crippen LogP contribution in [0.4, 0.5) is 0 Å². The van der Waals surface area contributed by atoms with Crippen LogP contribution in [0.15, 0.2) is 22.0 Å². The average molecular weight is 241 g/mol. The molecule has 0 aliphatic rings. The smallest absolute Gasteiger partial charge is 0.316 e. The molecule has 0 aliphatic carbocycles. The van der Waals surface area contributed by atoms with Gasteiger partial charge in [-0.3, -0.25) is 9.59 Å². The summed E-state index contributed by atoms with van der Waals surface area (Å²) in [4.78, 5) is 23.0. The first-order chi connectivity index (χ1) is 8.10. The van der Waals surface area contributed by atoms with Gasteiger partial charge in [0.1, 0.15) is 0 Å². The Morgan fingerprint density at radius 2 is 2.06 bits per heavy atom. The fraction of sp³-hybridized carbons (Fsp3) is 0.636. The maximum atomic E-state index is 11.6. The van der Waals surface area contributed by atoms with Crippen LogP contribution in [0.5, 0.6) is 0 Å². The van der Waals surface area contributed by atoms with Crippen LogP contribution in [0.1, 0.15) is 13.3 Å². The van der Waals surface area contributed by atoms with Gasteiger partial charge in [-0.05, 0) is 13.3 Å². The number of aromatic nitrogens is 2. The molecule has 6 heteroatoms. The molecule has 2 N–H and O–H groups in total. The molecule has 1 atom stereocenters. The minimum atomic E-state index is -0.520. The number of aryl methyl sites for hydroxylation is 2. The average Bonchev–Trinajstić information content (AvgIpc) is 2.33. The number of ether oxygens (including phenoxy) is 1. The molecule has 1 rings (SSSR count). The monoisotopic (exact) mass is 241 g/mol. The number of nitrogens with zero attached hydrogens (tertiary/aromatic N) is 2. The Morgan fingerprint density at radius 1 is 1.35 bits per heavy atom. The first-order valence-electron chi connectivity index (χ1n) is 5.67. The molecule has 1 aromatic heterocycles.